The summed E-state index contributed by atoms with van der Waals surface area (Å²) in [6, 6.07) is 5.74. The van der Waals surface area contributed by atoms with Crippen LogP contribution in [0.5, 0.6) is 11.6 Å². The molecule has 6 nitrogen and oxygen atoms in total. The molecule has 1 fully saturated rings. The molecular formula is C24H25F6N3O3S. The predicted octanol–water partition coefficient (Wildman–Crippen LogP) is 6.24. The van der Waals surface area contributed by atoms with Crippen LogP contribution in [0, 0.1) is 0 Å². The lowest BCUT2D eigenvalue weighted by atomic mass is 10.1. The summed E-state index contributed by atoms with van der Waals surface area (Å²) in [4.78, 5) is 0. The number of aromatic nitrogens is 2. The third-order valence-electron chi connectivity index (χ3n) is 5.45. The number of hydrogen-bond donors (Lipinski definition) is 1. The van der Waals surface area contributed by atoms with E-state index in [0.717, 1.165) is 12.1 Å². The minimum Gasteiger partial charge on any atom is -0.439 e. The van der Waals surface area contributed by atoms with Gasteiger partial charge in [-0.3, -0.25) is 0 Å². The minimum atomic E-state index is -4.86. The summed E-state index contributed by atoms with van der Waals surface area (Å²) < 4.78 is 110. The van der Waals surface area contributed by atoms with Gasteiger partial charge in [0, 0.05) is 18.2 Å². The zero-order valence-corrected chi connectivity index (χ0v) is 20.6. The summed E-state index contributed by atoms with van der Waals surface area (Å²) in [7, 11) is -4.57. The third kappa shape index (κ3) is 8.22. The van der Waals surface area contributed by atoms with Crippen LogP contribution in [-0.4, -0.2) is 35.7 Å². The molecule has 2 aromatic rings. The Labute approximate surface area is 210 Å². The SMILES string of the molecule is C=C/C=C\C(=C/CC1(NS(=O)(=O)CC(F)(F)F)CC1)c1cc(Oc2ccc(C(F)(F)F)cc2)n(CC)n1. The van der Waals surface area contributed by atoms with Crippen LogP contribution in [0.2, 0.25) is 0 Å². The average Bonchev–Trinajstić information content (AvgIpc) is 3.40. The summed E-state index contributed by atoms with van der Waals surface area (Å²) in [5.74, 6) is -1.54. The van der Waals surface area contributed by atoms with Gasteiger partial charge in [-0.1, -0.05) is 30.9 Å². The number of hydrogen-bond acceptors (Lipinski definition) is 4. The van der Waals surface area contributed by atoms with E-state index in [1.807, 2.05) is 0 Å². The molecule has 1 aromatic heterocycles. The molecule has 0 bridgehead atoms. The van der Waals surface area contributed by atoms with E-state index < -0.39 is 39.2 Å². The topological polar surface area (TPSA) is 73.2 Å². The Morgan fingerprint density at radius 1 is 1.19 bits per heavy atom. The zero-order chi connectivity index (χ0) is 27.5. The van der Waals surface area contributed by atoms with Gasteiger partial charge >= 0.3 is 12.4 Å². The summed E-state index contributed by atoms with van der Waals surface area (Å²) in [6.45, 7) is 5.76. The molecule has 0 saturated heterocycles. The molecule has 13 heteroatoms. The fraction of sp³-hybridized carbons (Fsp3) is 0.375. The number of allylic oxidation sites excluding steroid dienone is 4. The lowest BCUT2D eigenvalue weighted by molar-refractivity contribution is -0.137. The number of halogens is 6. The maximum Gasteiger partial charge on any atom is 0.416 e. The highest BCUT2D eigenvalue weighted by Crippen LogP contribution is 2.41. The van der Waals surface area contributed by atoms with E-state index >= 15 is 0 Å². The quantitative estimate of drug-likeness (QED) is 0.266. The van der Waals surface area contributed by atoms with Crippen LogP contribution < -0.4 is 9.46 Å². The van der Waals surface area contributed by atoms with E-state index in [0.29, 0.717) is 30.7 Å². The Balaban J connectivity index is 1.83. The maximum absolute atomic E-state index is 12.8. The van der Waals surface area contributed by atoms with Crippen molar-refractivity contribution >= 4 is 15.6 Å². The predicted molar refractivity (Wildman–Crippen MR) is 126 cm³/mol. The molecule has 1 aromatic carbocycles. The normalized spacial score (nSPS) is 16.2. The van der Waals surface area contributed by atoms with Gasteiger partial charge in [-0.05, 0) is 56.0 Å². The van der Waals surface area contributed by atoms with Gasteiger partial charge in [0.1, 0.15) is 5.75 Å². The van der Waals surface area contributed by atoms with Gasteiger partial charge in [-0.2, -0.15) is 31.4 Å². The number of nitrogens with one attached hydrogen (secondary N) is 1. The molecule has 1 N–H and O–H groups in total. The number of nitrogens with zero attached hydrogens (tertiary/aromatic N) is 2. The number of ether oxygens (including phenoxy) is 1. The first-order chi connectivity index (χ1) is 17.2. The highest BCUT2D eigenvalue weighted by molar-refractivity contribution is 7.89. The average molecular weight is 550 g/mol. The number of alkyl halides is 6. The van der Waals surface area contributed by atoms with Crippen molar-refractivity contribution in [1.82, 2.24) is 14.5 Å². The summed E-state index contributed by atoms with van der Waals surface area (Å²) in [5.41, 5.74) is -0.879. The van der Waals surface area contributed by atoms with Crippen LogP contribution in [0.15, 0.2) is 61.2 Å². The highest BCUT2D eigenvalue weighted by Gasteiger charge is 2.47. The van der Waals surface area contributed by atoms with E-state index in [2.05, 4.69) is 16.4 Å². The molecule has 0 atom stereocenters. The molecule has 37 heavy (non-hydrogen) atoms. The maximum atomic E-state index is 12.8. The first-order valence-electron chi connectivity index (χ1n) is 11.2. The van der Waals surface area contributed by atoms with Crippen LogP contribution in [-0.2, 0) is 22.7 Å². The lowest BCUT2D eigenvalue weighted by Gasteiger charge is -2.17. The second-order valence-corrected chi connectivity index (χ2v) is 10.2. The number of benzene rings is 1. The fourth-order valence-corrected chi connectivity index (χ4v) is 4.95. The molecule has 0 spiro atoms. The van der Waals surface area contributed by atoms with Gasteiger partial charge in [0.2, 0.25) is 15.9 Å². The van der Waals surface area contributed by atoms with Crippen LogP contribution in [0.4, 0.5) is 26.3 Å². The molecule has 0 radical (unpaired) electrons. The molecule has 3 rings (SSSR count). The Morgan fingerprint density at radius 2 is 1.84 bits per heavy atom. The first-order valence-corrected chi connectivity index (χ1v) is 12.8. The van der Waals surface area contributed by atoms with E-state index in [-0.39, 0.29) is 18.1 Å². The van der Waals surface area contributed by atoms with Gasteiger partial charge < -0.3 is 4.74 Å². The Bertz CT molecular complexity index is 1270. The van der Waals surface area contributed by atoms with Crippen molar-refractivity contribution in [2.24, 2.45) is 0 Å². The minimum absolute atomic E-state index is 0.120. The number of rotatable bonds is 11. The first kappa shape index (κ1) is 28.5. The van der Waals surface area contributed by atoms with Crippen molar-refractivity contribution in [3.8, 4) is 11.6 Å². The Kier molecular flexibility index (Phi) is 8.27. The summed E-state index contributed by atoms with van der Waals surface area (Å²) in [6.07, 6.45) is -2.03. The molecule has 0 aliphatic heterocycles. The van der Waals surface area contributed by atoms with Crippen LogP contribution in [0.25, 0.3) is 5.57 Å². The molecule has 0 amide bonds. The summed E-state index contributed by atoms with van der Waals surface area (Å²) >= 11 is 0. The standard InChI is InChI=1S/C24H25F6N3O3S/c1-3-5-6-17(11-12-22(13-14-22)32-37(34,35)16-23(25,26)27)20-15-21(33(4-2)31-20)36-19-9-7-18(8-10-19)24(28,29)30/h3,5-11,15,32H,1,4,12-14,16H2,2H3/b6-5-,17-11+. The van der Waals surface area contributed by atoms with Gasteiger partial charge in [-0.25, -0.2) is 17.8 Å². The molecule has 1 heterocycles. The van der Waals surface area contributed by atoms with Crippen molar-refractivity contribution in [2.75, 3.05) is 5.75 Å². The zero-order valence-electron chi connectivity index (χ0n) is 19.7. The van der Waals surface area contributed by atoms with Crippen molar-refractivity contribution in [3.63, 3.8) is 0 Å². The van der Waals surface area contributed by atoms with Crippen molar-refractivity contribution in [3.05, 3.63) is 72.5 Å². The third-order valence-corrected chi connectivity index (χ3v) is 6.90. The molecule has 1 aliphatic rings. The van der Waals surface area contributed by atoms with Gasteiger partial charge in [-0.15, -0.1) is 0 Å². The van der Waals surface area contributed by atoms with Crippen molar-refractivity contribution in [2.45, 2.75) is 50.6 Å². The monoisotopic (exact) mass is 549 g/mol. The van der Waals surface area contributed by atoms with Crippen LogP contribution in [0.3, 0.4) is 0 Å². The highest BCUT2D eigenvalue weighted by atomic mass is 32.2. The Morgan fingerprint density at radius 3 is 2.35 bits per heavy atom. The second-order valence-electron chi connectivity index (χ2n) is 8.52. The van der Waals surface area contributed by atoms with Gasteiger partial charge in [0.05, 0.1) is 11.3 Å². The van der Waals surface area contributed by atoms with E-state index in [9.17, 15) is 34.8 Å². The molecule has 1 aliphatic carbocycles. The van der Waals surface area contributed by atoms with Crippen LogP contribution >= 0.6 is 0 Å². The number of aryl methyl sites for hydroxylation is 1. The molecule has 202 valence electrons. The van der Waals surface area contributed by atoms with E-state index in [4.69, 9.17) is 4.74 Å². The lowest BCUT2D eigenvalue weighted by Crippen LogP contribution is -2.41. The molecule has 0 unspecified atom stereocenters. The summed E-state index contributed by atoms with van der Waals surface area (Å²) in [5, 5.41) is 4.45. The van der Waals surface area contributed by atoms with Gasteiger partial charge in [0.15, 0.2) is 5.75 Å². The van der Waals surface area contributed by atoms with Crippen molar-refractivity contribution < 1.29 is 39.5 Å². The number of sulfonamides is 1. The molecular weight excluding hydrogens is 524 g/mol. The second kappa shape index (κ2) is 10.7. The largest absolute Gasteiger partial charge is 0.439 e. The Hall–Kier alpha value is -3.06. The van der Waals surface area contributed by atoms with Gasteiger partial charge in [0.25, 0.3) is 0 Å². The van der Waals surface area contributed by atoms with Crippen molar-refractivity contribution in [1.29, 1.82) is 0 Å². The van der Waals surface area contributed by atoms with Crippen LogP contribution in [0.1, 0.15) is 37.4 Å². The smallest absolute Gasteiger partial charge is 0.416 e. The van der Waals surface area contributed by atoms with E-state index in [1.54, 1.807) is 31.2 Å². The van der Waals surface area contributed by atoms with E-state index in [1.165, 1.54) is 22.9 Å². The fourth-order valence-electron chi connectivity index (χ4n) is 3.50. The molecule has 1 saturated carbocycles.